The molecule has 0 aliphatic heterocycles. The summed E-state index contributed by atoms with van der Waals surface area (Å²) < 4.78 is 12.3. The molecular formula is C66H58N8O2. The fraction of sp³-hybridized carbons (Fsp3) is 0.152. The number of aryl methyl sites for hydroxylation is 2. The predicted octanol–water partition coefficient (Wildman–Crippen LogP) is 21.2. The summed E-state index contributed by atoms with van der Waals surface area (Å²) in [5.41, 5.74) is 13.2. The minimum absolute atomic E-state index is 0.441. The molecule has 10 heteroatoms. The lowest BCUT2D eigenvalue weighted by Gasteiger charge is -2.09. The summed E-state index contributed by atoms with van der Waals surface area (Å²) in [6.45, 7) is 5.30. The van der Waals surface area contributed by atoms with Crippen LogP contribution in [0, 0.1) is 0 Å². The zero-order valence-corrected chi connectivity index (χ0v) is 42.8. The third kappa shape index (κ3) is 13.3. The third-order valence-corrected chi connectivity index (χ3v) is 13.1. The first-order valence-corrected chi connectivity index (χ1v) is 26.1. The van der Waals surface area contributed by atoms with Gasteiger partial charge in [-0.25, -0.2) is 0 Å². The number of ether oxygens (including phenoxy) is 2. The van der Waals surface area contributed by atoms with Gasteiger partial charge in [0.15, 0.2) is 0 Å². The summed E-state index contributed by atoms with van der Waals surface area (Å²) in [6, 6.07) is 72.7. The maximum atomic E-state index is 6.14. The van der Waals surface area contributed by atoms with Crippen LogP contribution in [-0.4, -0.2) is 0 Å². The Morgan fingerprint density at radius 1 is 0.276 bits per heavy atom. The SMILES string of the molecule is CCCCc1ccc(N=Nc2ccc(N=Nc3ccc(OCc4ccc(-c5ccc(COc6ccc(N=Nc7ccc(N=Nc8ccc(CCCC)cc8)c8ccccc78)cc6)cc5)cc4)cc3)c3ccccc23)cc1. The van der Waals surface area contributed by atoms with E-state index in [1.165, 1.54) is 36.8 Å². The molecule has 0 saturated carbocycles. The van der Waals surface area contributed by atoms with E-state index >= 15 is 0 Å². The van der Waals surface area contributed by atoms with Gasteiger partial charge in [-0.15, -0.1) is 20.5 Å². The molecule has 0 heterocycles. The fourth-order valence-corrected chi connectivity index (χ4v) is 8.69. The lowest BCUT2D eigenvalue weighted by molar-refractivity contribution is 0.306. The van der Waals surface area contributed by atoms with Crippen molar-refractivity contribution < 1.29 is 9.47 Å². The first-order chi connectivity index (χ1) is 37.5. The van der Waals surface area contributed by atoms with Gasteiger partial charge in [0.25, 0.3) is 0 Å². The minimum atomic E-state index is 0.441. The maximum absolute atomic E-state index is 6.14. The van der Waals surface area contributed by atoms with Gasteiger partial charge in [-0.1, -0.05) is 148 Å². The molecular weight excluding hydrogens is 937 g/mol. The van der Waals surface area contributed by atoms with Crippen LogP contribution >= 0.6 is 0 Å². The number of benzene rings is 10. The van der Waals surface area contributed by atoms with Gasteiger partial charge in [0.05, 0.1) is 45.5 Å². The number of azo groups is 4. The van der Waals surface area contributed by atoms with Gasteiger partial charge in [-0.2, -0.15) is 20.5 Å². The molecule has 10 rings (SSSR count). The summed E-state index contributed by atoms with van der Waals surface area (Å²) in [6.07, 6.45) is 6.89. The van der Waals surface area contributed by atoms with E-state index in [-0.39, 0.29) is 0 Å². The molecule has 0 radical (unpaired) electrons. The average molecular weight is 995 g/mol. The Bertz CT molecular complexity index is 3390. The summed E-state index contributed by atoms with van der Waals surface area (Å²) in [5.74, 6) is 1.51. The molecule has 0 aliphatic rings. The number of hydrogen-bond acceptors (Lipinski definition) is 10. The Morgan fingerprint density at radius 2 is 0.553 bits per heavy atom. The third-order valence-electron chi connectivity index (χ3n) is 13.1. The molecule has 0 N–H and O–H groups in total. The van der Waals surface area contributed by atoms with Crippen LogP contribution < -0.4 is 9.47 Å². The molecule has 76 heavy (non-hydrogen) atoms. The van der Waals surface area contributed by atoms with Gasteiger partial charge in [-0.3, -0.25) is 0 Å². The quantitative estimate of drug-likeness (QED) is 0.0667. The van der Waals surface area contributed by atoms with E-state index in [2.05, 4.69) is 128 Å². The smallest absolute Gasteiger partial charge is 0.119 e. The average Bonchev–Trinajstić information content (AvgIpc) is 3.49. The van der Waals surface area contributed by atoms with Crippen LogP contribution in [0.15, 0.2) is 259 Å². The highest BCUT2D eigenvalue weighted by Crippen LogP contribution is 2.37. The maximum Gasteiger partial charge on any atom is 0.119 e. The second-order valence-corrected chi connectivity index (χ2v) is 18.6. The van der Waals surface area contributed by atoms with E-state index in [0.29, 0.717) is 13.2 Å². The van der Waals surface area contributed by atoms with Crippen LogP contribution in [0.5, 0.6) is 11.5 Å². The summed E-state index contributed by atoms with van der Waals surface area (Å²) in [7, 11) is 0. The van der Waals surface area contributed by atoms with E-state index in [1.807, 2.05) is 146 Å². The lowest BCUT2D eigenvalue weighted by atomic mass is 10.0. The van der Waals surface area contributed by atoms with Crippen LogP contribution in [-0.2, 0) is 26.1 Å². The van der Waals surface area contributed by atoms with Gasteiger partial charge in [0.1, 0.15) is 24.7 Å². The molecule has 10 aromatic carbocycles. The van der Waals surface area contributed by atoms with Gasteiger partial charge < -0.3 is 9.47 Å². The molecule has 0 fully saturated rings. The van der Waals surface area contributed by atoms with Gasteiger partial charge in [0.2, 0.25) is 0 Å². The van der Waals surface area contributed by atoms with E-state index < -0.39 is 0 Å². The molecule has 10 aromatic rings. The first-order valence-electron chi connectivity index (χ1n) is 26.1. The van der Waals surface area contributed by atoms with Crippen LogP contribution in [0.2, 0.25) is 0 Å². The number of unbranched alkanes of at least 4 members (excludes halogenated alkanes) is 2. The highest BCUT2D eigenvalue weighted by atomic mass is 16.5. The fourth-order valence-electron chi connectivity index (χ4n) is 8.69. The van der Waals surface area contributed by atoms with Crippen molar-refractivity contribution in [3.8, 4) is 22.6 Å². The molecule has 0 unspecified atom stereocenters. The van der Waals surface area contributed by atoms with Gasteiger partial charge in [0, 0.05) is 21.5 Å². The Kier molecular flexibility index (Phi) is 16.6. The van der Waals surface area contributed by atoms with Crippen LogP contribution in [0.4, 0.5) is 45.5 Å². The van der Waals surface area contributed by atoms with E-state index in [4.69, 9.17) is 9.47 Å². The van der Waals surface area contributed by atoms with Gasteiger partial charge in [-0.05, 0) is 156 Å². The van der Waals surface area contributed by atoms with Gasteiger partial charge >= 0.3 is 0 Å². The normalized spacial score (nSPS) is 11.8. The number of hydrogen-bond donors (Lipinski definition) is 0. The Morgan fingerprint density at radius 3 is 0.842 bits per heavy atom. The molecule has 0 amide bonds. The summed E-state index contributed by atoms with van der Waals surface area (Å²) in [5, 5.41) is 40.4. The second kappa shape index (κ2) is 25.1. The highest BCUT2D eigenvalue weighted by Gasteiger charge is 2.09. The standard InChI is InChI=1S/C66H58N8O2/c1-3-5-11-47-21-29-53(30-22-47)67-71-63-41-43-65(61-15-9-7-13-59(61)63)73-69-55-33-37-57(38-34-55)75-45-49-17-25-51(26-18-49)52-27-19-50(20-28-52)46-76-58-39-35-56(36-40-58)70-74-66-44-42-64(60-14-8-10-16-62(60)66)72-68-54-31-23-48(24-32-54)12-6-4-2/h7-10,13-44H,3-6,11-12,45-46H2,1-2H3. The van der Waals surface area contributed by atoms with Crippen molar-refractivity contribution in [1.82, 2.24) is 0 Å². The monoisotopic (exact) mass is 994 g/mol. The number of fused-ring (bicyclic) bond motifs is 2. The van der Waals surface area contributed by atoms with E-state index in [9.17, 15) is 0 Å². The second-order valence-electron chi connectivity index (χ2n) is 18.6. The van der Waals surface area contributed by atoms with Crippen LogP contribution in [0.3, 0.4) is 0 Å². The molecule has 0 aliphatic carbocycles. The van der Waals surface area contributed by atoms with Crippen LogP contribution in [0.1, 0.15) is 61.8 Å². The van der Waals surface area contributed by atoms with Crippen molar-refractivity contribution >= 4 is 67.0 Å². The Hall–Kier alpha value is -9.28. The molecule has 374 valence electrons. The molecule has 0 aromatic heterocycles. The molecule has 10 nitrogen and oxygen atoms in total. The molecule has 0 saturated heterocycles. The van der Waals surface area contributed by atoms with Crippen molar-refractivity contribution in [2.75, 3.05) is 0 Å². The molecule has 0 spiro atoms. The van der Waals surface area contributed by atoms with Crippen molar-refractivity contribution in [1.29, 1.82) is 0 Å². The van der Waals surface area contributed by atoms with Crippen molar-refractivity contribution in [2.24, 2.45) is 40.9 Å². The van der Waals surface area contributed by atoms with Crippen molar-refractivity contribution in [3.63, 3.8) is 0 Å². The molecule has 0 atom stereocenters. The predicted molar refractivity (Wildman–Crippen MR) is 308 cm³/mol. The van der Waals surface area contributed by atoms with Crippen LogP contribution in [0.25, 0.3) is 32.7 Å². The van der Waals surface area contributed by atoms with E-state index in [0.717, 1.165) is 114 Å². The Labute approximate surface area is 444 Å². The van der Waals surface area contributed by atoms with Crippen molar-refractivity contribution in [3.05, 3.63) is 241 Å². The number of nitrogens with zero attached hydrogens (tertiary/aromatic N) is 8. The zero-order chi connectivity index (χ0) is 51.7. The largest absolute Gasteiger partial charge is 0.489 e. The molecule has 0 bridgehead atoms. The summed E-state index contributed by atoms with van der Waals surface area (Å²) >= 11 is 0. The summed E-state index contributed by atoms with van der Waals surface area (Å²) in [4.78, 5) is 0. The minimum Gasteiger partial charge on any atom is -0.489 e. The van der Waals surface area contributed by atoms with Crippen molar-refractivity contribution in [2.45, 2.75) is 65.6 Å². The highest BCUT2D eigenvalue weighted by molar-refractivity contribution is 6.00. The zero-order valence-electron chi connectivity index (χ0n) is 42.8. The topological polar surface area (TPSA) is 117 Å². The number of rotatable bonds is 21. The first kappa shape index (κ1) is 50.3. The lowest BCUT2D eigenvalue weighted by Crippen LogP contribution is -1.96. The van der Waals surface area contributed by atoms with E-state index in [1.54, 1.807) is 0 Å². The Balaban J connectivity index is 0.682.